The molecule has 0 aliphatic heterocycles. The summed E-state index contributed by atoms with van der Waals surface area (Å²) in [6, 6.07) is 0. The maximum absolute atomic E-state index is 10.8. The lowest BCUT2D eigenvalue weighted by Crippen LogP contribution is -2.14. The molecule has 0 saturated carbocycles. The summed E-state index contributed by atoms with van der Waals surface area (Å²) >= 11 is 0. The van der Waals surface area contributed by atoms with E-state index in [0.717, 1.165) is 0 Å². The molecule has 0 heterocycles. The summed E-state index contributed by atoms with van der Waals surface area (Å²) in [5.41, 5.74) is 1.05. The van der Waals surface area contributed by atoms with Crippen molar-refractivity contribution in [2.45, 2.75) is 20.8 Å². The minimum absolute atomic E-state index is 0.0325. The third kappa shape index (κ3) is 19.1. The fourth-order valence-corrected chi connectivity index (χ4v) is 0.773. The van der Waals surface area contributed by atoms with Gasteiger partial charge >= 0.3 is 17.9 Å². The third-order valence-electron chi connectivity index (χ3n) is 1.93. The fourth-order valence-electron chi connectivity index (χ4n) is 0.773. The smallest absolute Gasteiger partial charge is 0.333 e. The molecular formula is C19H28O6. The molecular weight excluding hydrogens is 324 g/mol. The van der Waals surface area contributed by atoms with Crippen LogP contribution in [-0.2, 0) is 28.6 Å². The number of hydrogen-bond acceptors (Lipinski definition) is 6. The number of rotatable bonds is 8. The van der Waals surface area contributed by atoms with E-state index in [0.29, 0.717) is 16.7 Å². The zero-order chi connectivity index (χ0) is 20.4. The molecule has 0 aromatic heterocycles. The topological polar surface area (TPSA) is 78.9 Å². The van der Waals surface area contributed by atoms with Crippen molar-refractivity contribution < 1.29 is 28.6 Å². The van der Waals surface area contributed by atoms with Crippen molar-refractivity contribution in [1.82, 2.24) is 0 Å². The molecule has 140 valence electrons. The lowest BCUT2D eigenvalue weighted by Gasteiger charge is -2.05. The molecule has 6 heteroatoms. The summed E-state index contributed by atoms with van der Waals surface area (Å²) in [6.45, 7) is 24.6. The van der Waals surface area contributed by atoms with Gasteiger partial charge < -0.3 is 14.2 Å². The van der Waals surface area contributed by atoms with E-state index in [2.05, 4.69) is 53.7 Å². The first-order valence-corrected chi connectivity index (χ1v) is 7.22. The van der Waals surface area contributed by atoms with Crippen LogP contribution in [0, 0.1) is 0 Å². The zero-order valence-corrected chi connectivity index (χ0v) is 15.4. The molecule has 0 aromatic carbocycles. The highest BCUT2D eigenvalue weighted by atomic mass is 16.6. The Morgan fingerprint density at radius 2 is 1.00 bits per heavy atom. The van der Waals surface area contributed by atoms with E-state index in [1.165, 1.54) is 6.08 Å². The molecule has 0 N–H and O–H groups in total. The van der Waals surface area contributed by atoms with Crippen molar-refractivity contribution in [2.24, 2.45) is 0 Å². The Bertz CT molecular complexity index is 474. The first kappa shape index (κ1) is 27.0. The van der Waals surface area contributed by atoms with Gasteiger partial charge in [-0.2, -0.15) is 0 Å². The number of carbonyl (C=O) groups is 3. The highest BCUT2D eigenvalue weighted by Crippen LogP contribution is 1.94. The normalized spacial score (nSPS) is 8.12. The van der Waals surface area contributed by atoms with Gasteiger partial charge in [-0.25, -0.2) is 14.4 Å². The molecule has 0 fully saturated rings. The van der Waals surface area contributed by atoms with Gasteiger partial charge in [-0.05, 0) is 20.8 Å². The molecule has 0 saturated heterocycles. The van der Waals surface area contributed by atoms with Gasteiger partial charge in [0.1, 0.15) is 19.8 Å². The van der Waals surface area contributed by atoms with E-state index in [1.54, 1.807) is 20.8 Å². The lowest BCUT2D eigenvalue weighted by molar-refractivity contribution is -0.147. The minimum Gasteiger partial charge on any atom is -0.459 e. The highest BCUT2D eigenvalue weighted by Gasteiger charge is 2.05. The first-order valence-electron chi connectivity index (χ1n) is 7.22. The van der Waals surface area contributed by atoms with Crippen LogP contribution >= 0.6 is 0 Å². The van der Waals surface area contributed by atoms with Crippen molar-refractivity contribution >= 4 is 17.9 Å². The second-order valence-electron chi connectivity index (χ2n) is 4.50. The van der Waals surface area contributed by atoms with E-state index < -0.39 is 11.9 Å². The van der Waals surface area contributed by atoms with Crippen molar-refractivity contribution in [2.75, 3.05) is 19.8 Å². The standard InChI is InChI=1S/C10H14O4.C7H10O2.C2H4/c1-7(2)9(11)13-5-6-14-10(12)8(3)4;1-4-5-9-7(8)6(2)3;1-2/h1,3,5-6H2,2,4H3;4H,1-2,5H2,3H3;1-2H2. The number of carbonyl (C=O) groups excluding carboxylic acids is 3. The van der Waals surface area contributed by atoms with Crippen LogP contribution in [0.5, 0.6) is 0 Å². The van der Waals surface area contributed by atoms with Crippen LogP contribution < -0.4 is 0 Å². The Balaban J connectivity index is -0.000000380. The molecule has 0 rings (SSSR count). The Kier molecular flexibility index (Phi) is 18.8. The van der Waals surface area contributed by atoms with Crippen molar-refractivity contribution in [3.05, 3.63) is 62.3 Å². The monoisotopic (exact) mass is 352 g/mol. The lowest BCUT2D eigenvalue weighted by atomic mass is 10.4. The van der Waals surface area contributed by atoms with Gasteiger partial charge in [0.05, 0.1) is 0 Å². The quantitative estimate of drug-likeness (QED) is 0.219. The Hall–Kier alpha value is -2.89. The molecule has 0 bridgehead atoms. The van der Waals surface area contributed by atoms with Crippen LogP contribution in [0.1, 0.15) is 20.8 Å². The summed E-state index contributed by atoms with van der Waals surface area (Å²) < 4.78 is 14.0. The predicted molar refractivity (Wildman–Crippen MR) is 98.8 cm³/mol. The molecule has 0 aliphatic carbocycles. The van der Waals surface area contributed by atoms with Crippen LogP contribution in [0.15, 0.2) is 62.3 Å². The summed E-state index contributed by atoms with van der Waals surface area (Å²) in [6.07, 6.45) is 1.51. The largest absolute Gasteiger partial charge is 0.459 e. The molecule has 0 aromatic rings. The van der Waals surface area contributed by atoms with Crippen LogP contribution in [0.25, 0.3) is 0 Å². The second-order valence-corrected chi connectivity index (χ2v) is 4.50. The summed E-state index contributed by atoms with van der Waals surface area (Å²) in [5.74, 6) is -1.34. The minimum atomic E-state index is -0.489. The first-order chi connectivity index (χ1) is 11.6. The zero-order valence-electron chi connectivity index (χ0n) is 15.4. The second kappa shape index (κ2) is 17.5. The Morgan fingerprint density at radius 1 is 0.720 bits per heavy atom. The van der Waals surface area contributed by atoms with E-state index >= 15 is 0 Å². The predicted octanol–water partition coefficient (Wildman–Crippen LogP) is 3.32. The third-order valence-corrected chi connectivity index (χ3v) is 1.93. The van der Waals surface area contributed by atoms with Crippen molar-refractivity contribution in [1.29, 1.82) is 0 Å². The van der Waals surface area contributed by atoms with Crippen LogP contribution in [-0.4, -0.2) is 37.7 Å². The molecule has 0 radical (unpaired) electrons. The molecule has 0 unspecified atom stereocenters. The highest BCUT2D eigenvalue weighted by molar-refractivity contribution is 5.87. The van der Waals surface area contributed by atoms with Gasteiger partial charge in [-0.15, -0.1) is 13.2 Å². The maximum Gasteiger partial charge on any atom is 0.333 e. The summed E-state index contributed by atoms with van der Waals surface area (Å²) in [4.78, 5) is 32.2. The van der Waals surface area contributed by atoms with E-state index in [1.807, 2.05) is 0 Å². The number of hydrogen-bond donors (Lipinski definition) is 0. The molecule has 0 amide bonds. The van der Waals surface area contributed by atoms with Gasteiger partial charge in [-0.3, -0.25) is 0 Å². The Labute approximate surface area is 150 Å². The van der Waals surface area contributed by atoms with Gasteiger partial charge in [0, 0.05) is 16.7 Å². The van der Waals surface area contributed by atoms with Crippen LogP contribution in [0.3, 0.4) is 0 Å². The van der Waals surface area contributed by atoms with Gasteiger partial charge in [-0.1, -0.05) is 32.4 Å². The summed E-state index contributed by atoms with van der Waals surface area (Å²) in [5, 5.41) is 0. The molecule has 0 atom stereocenters. The number of ether oxygens (including phenoxy) is 3. The van der Waals surface area contributed by atoms with Gasteiger partial charge in [0.25, 0.3) is 0 Å². The van der Waals surface area contributed by atoms with E-state index in [4.69, 9.17) is 0 Å². The SMILES string of the molecule is C=C.C=C(C)C(=O)OCCOC(=O)C(=C)C.C=CCOC(=O)C(=C)C. The maximum atomic E-state index is 10.8. The van der Waals surface area contributed by atoms with Crippen LogP contribution in [0.4, 0.5) is 0 Å². The fraction of sp³-hybridized carbons (Fsp3) is 0.316. The summed E-state index contributed by atoms with van der Waals surface area (Å²) in [7, 11) is 0. The average Bonchev–Trinajstić information content (AvgIpc) is 2.57. The van der Waals surface area contributed by atoms with Crippen LogP contribution in [0.2, 0.25) is 0 Å². The average molecular weight is 352 g/mol. The van der Waals surface area contributed by atoms with Gasteiger partial charge in [0.15, 0.2) is 0 Å². The van der Waals surface area contributed by atoms with E-state index in [9.17, 15) is 14.4 Å². The molecule has 25 heavy (non-hydrogen) atoms. The van der Waals surface area contributed by atoms with Gasteiger partial charge in [0.2, 0.25) is 0 Å². The van der Waals surface area contributed by atoms with E-state index in [-0.39, 0.29) is 25.8 Å². The van der Waals surface area contributed by atoms with Crippen molar-refractivity contribution in [3.8, 4) is 0 Å². The number of esters is 3. The molecule has 0 spiro atoms. The Morgan fingerprint density at radius 3 is 1.24 bits per heavy atom. The molecule has 6 nitrogen and oxygen atoms in total. The van der Waals surface area contributed by atoms with Crippen molar-refractivity contribution in [3.63, 3.8) is 0 Å². The molecule has 0 aliphatic rings.